The first kappa shape index (κ1) is 8.78. The molecule has 0 rings (SSSR count). The van der Waals surface area contributed by atoms with Crippen LogP contribution in [0.3, 0.4) is 0 Å². The van der Waals surface area contributed by atoms with Crippen LogP contribution in [0.2, 0.25) is 0 Å². The molecular formula is C5H8O2S2. The standard InChI is InChI=1S/C5H8O2S2/c1-3-8(6)5-9(7)4-2/h3-4H,1-2,5H2. The van der Waals surface area contributed by atoms with Crippen LogP contribution in [0.25, 0.3) is 0 Å². The van der Waals surface area contributed by atoms with E-state index in [1.165, 1.54) is 10.8 Å². The third-order valence-corrected chi connectivity index (χ3v) is 3.21. The van der Waals surface area contributed by atoms with Gasteiger partial charge in [0, 0.05) is 0 Å². The molecule has 0 aromatic rings. The molecular weight excluding hydrogens is 156 g/mol. The number of rotatable bonds is 4. The molecule has 2 nitrogen and oxygen atoms in total. The van der Waals surface area contributed by atoms with Crippen LogP contribution in [-0.2, 0) is 21.6 Å². The van der Waals surface area contributed by atoms with Crippen molar-refractivity contribution in [1.29, 1.82) is 0 Å². The van der Waals surface area contributed by atoms with Crippen molar-refractivity contribution in [3.05, 3.63) is 24.0 Å². The van der Waals surface area contributed by atoms with Gasteiger partial charge in [-0.3, -0.25) is 8.42 Å². The molecule has 0 saturated heterocycles. The molecule has 0 aliphatic heterocycles. The molecule has 0 aliphatic carbocycles. The van der Waals surface area contributed by atoms with Gasteiger partial charge in [-0.15, -0.1) is 0 Å². The molecule has 0 aromatic heterocycles. The summed E-state index contributed by atoms with van der Waals surface area (Å²) in [5.74, 6) is 0. The largest absolute Gasteiger partial charge is 0.254 e. The first-order valence-corrected chi connectivity index (χ1v) is 4.96. The van der Waals surface area contributed by atoms with Crippen molar-refractivity contribution in [1.82, 2.24) is 0 Å². The van der Waals surface area contributed by atoms with E-state index < -0.39 is 21.6 Å². The van der Waals surface area contributed by atoms with Crippen LogP contribution in [0, 0.1) is 0 Å². The average Bonchev–Trinajstić information content (AvgIpc) is 1.87. The summed E-state index contributed by atoms with van der Waals surface area (Å²) in [7, 11) is -2.33. The lowest BCUT2D eigenvalue weighted by Gasteiger charge is -1.88. The van der Waals surface area contributed by atoms with Gasteiger partial charge >= 0.3 is 0 Å². The highest BCUT2D eigenvalue weighted by Crippen LogP contribution is 1.88. The summed E-state index contributed by atoms with van der Waals surface area (Å²) in [5.41, 5.74) is 0. The van der Waals surface area contributed by atoms with Gasteiger partial charge in [0.1, 0.15) is 5.08 Å². The monoisotopic (exact) mass is 164 g/mol. The molecule has 52 valence electrons. The first-order chi connectivity index (χ1) is 4.20. The van der Waals surface area contributed by atoms with Crippen molar-refractivity contribution in [3.63, 3.8) is 0 Å². The summed E-state index contributed by atoms with van der Waals surface area (Å²) >= 11 is 0. The summed E-state index contributed by atoms with van der Waals surface area (Å²) in [6, 6.07) is 0. The molecule has 0 spiro atoms. The van der Waals surface area contributed by atoms with E-state index in [1.54, 1.807) is 0 Å². The molecule has 0 aliphatic rings. The fraction of sp³-hybridized carbons (Fsp3) is 0.200. The predicted octanol–water partition coefficient (Wildman–Crippen LogP) is 0.728. The third-order valence-electron chi connectivity index (χ3n) is 0.604. The minimum atomic E-state index is -1.16. The van der Waals surface area contributed by atoms with E-state index in [1.807, 2.05) is 0 Å². The van der Waals surface area contributed by atoms with Crippen molar-refractivity contribution >= 4 is 21.6 Å². The van der Waals surface area contributed by atoms with E-state index in [2.05, 4.69) is 13.2 Å². The maximum absolute atomic E-state index is 10.5. The molecule has 0 N–H and O–H groups in total. The quantitative estimate of drug-likeness (QED) is 0.614. The first-order valence-electron chi connectivity index (χ1n) is 2.20. The van der Waals surface area contributed by atoms with Crippen molar-refractivity contribution < 1.29 is 8.42 Å². The van der Waals surface area contributed by atoms with Gasteiger partial charge in [0.2, 0.25) is 0 Å². The molecule has 0 bridgehead atoms. The van der Waals surface area contributed by atoms with Crippen molar-refractivity contribution in [2.24, 2.45) is 0 Å². The zero-order valence-electron chi connectivity index (χ0n) is 4.91. The van der Waals surface area contributed by atoms with Crippen LogP contribution < -0.4 is 0 Å². The van der Waals surface area contributed by atoms with E-state index in [9.17, 15) is 8.42 Å². The van der Waals surface area contributed by atoms with Gasteiger partial charge in [-0.25, -0.2) is 0 Å². The maximum Gasteiger partial charge on any atom is 0.107 e. The second-order valence-corrected chi connectivity index (χ2v) is 4.35. The lowest BCUT2D eigenvalue weighted by molar-refractivity contribution is 0.685. The Bertz CT molecular complexity index is 144. The maximum atomic E-state index is 10.5. The minimum absolute atomic E-state index is 0.118. The van der Waals surface area contributed by atoms with Gasteiger partial charge in [-0.1, -0.05) is 13.2 Å². The van der Waals surface area contributed by atoms with Crippen molar-refractivity contribution in [2.75, 3.05) is 5.08 Å². The predicted molar refractivity (Wildman–Crippen MR) is 41.5 cm³/mol. The minimum Gasteiger partial charge on any atom is -0.254 e. The highest BCUT2D eigenvalue weighted by atomic mass is 32.2. The fourth-order valence-electron chi connectivity index (χ4n) is 0.211. The molecule has 9 heavy (non-hydrogen) atoms. The van der Waals surface area contributed by atoms with Crippen LogP contribution in [0.5, 0.6) is 0 Å². The van der Waals surface area contributed by atoms with Gasteiger partial charge < -0.3 is 0 Å². The van der Waals surface area contributed by atoms with Gasteiger partial charge in [0.15, 0.2) is 0 Å². The summed E-state index contributed by atoms with van der Waals surface area (Å²) in [4.78, 5) is 0. The zero-order chi connectivity index (χ0) is 7.28. The van der Waals surface area contributed by atoms with E-state index in [0.29, 0.717) is 0 Å². The Morgan fingerprint density at radius 1 is 1.11 bits per heavy atom. The molecule has 2 atom stereocenters. The van der Waals surface area contributed by atoms with Gasteiger partial charge in [0.25, 0.3) is 0 Å². The third kappa shape index (κ3) is 4.29. The second kappa shape index (κ2) is 4.64. The number of hydrogen-bond donors (Lipinski definition) is 0. The fourth-order valence-corrected chi connectivity index (χ4v) is 1.90. The summed E-state index contributed by atoms with van der Waals surface area (Å²) < 4.78 is 21.1. The van der Waals surface area contributed by atoms with E-state index in [4.69, 9.17) is 0 Å². The normalized spacial score (nSPS) is 16.0. The molecule has 0 amide bonds. The Kier molecular flexibility index (Phi) is 4.53. The van der Waals surface area contributed by atoms with Gasteiger partial charge in [-0.05, 0) is 10.8 Å². The Morgan fingerprint density at radius 3 is 1.67 bits per heavy atom. The topological polar surface area (TPSA) is 34.1 Å². The summed E-state index contributed by atoms with van der Waals surface area (Å²) in [6.45, 7) is 6.56. The molecule has 4 heteroatoms. The van der Waals surface area contributed by atoms with Crippen LogP contribution in [0.1, 0.15) is 0 Å². The lowest BCUT2D eigenvalue weighted by atomic mass is 11.3. The molecule has 0 fully saturated rings. The van der Waals surface area contributed by atoms with E-state index in [-0.39, 0.29) is 5.08 Å². The van der Waals surface area contributed by atoms with Crippen LogP contribution in [-0.4, -0.2) is 13.5 Å². The molecule has 0 saturated carbocycles. The zero-order valence-corrected chi connectivity index (χ0v) is 6.54. The molecule has 0 radical (unpaired) electrons. The van der Waals surface area contributed by atoms with Gasteiger partial charge in [0.05, 0.1) is 21.6 Å². The smallest absolute Gasteiger partial charge is 0.107 e. The van der Waals surface area contributed by atoms with Crippen LogP contribution >= 0.6 is 0 Å². The van der Waals surface area contributed by atoms with Crippen molar-refractivity contribution in [3.8, 4) is 0 Å². The van der Waals surface area contributed by atoms with E-state index in [0.717, 1.165) is 0 Å². The second-order valence-electron chi connectivity index (χ2n) is 1.21. The molecule has 0 heterocycles. The van der Waals surface area contributed by atoms with Gasteiger partial charge in [-0.2, -0.15) is 0 Å². The Hall–Kier alpha value is -0.220. The van der Waals surface area contributed by atoms with E-state index >= 15 is 0 Å². The van der Waals surface area contributed by atoms with Crippen molar-refractivity contribution in [2.45, 2.75) is 0 Å². The highest BCUT2D eigenvalue weighted by Gasteiger charge is 1.96. The Labute approximate surface area is 59.6 Å². The Balaban J connectivity index is 3.73. The lowest BCUT2D eigenvalue weighted by Crippen LogP contribution is -1.97. The average molecular weight is 164 g/mol. The number of hydrogen-bond acceptors (Lipinski definition) is 2. The molecule has 0 aromatic carbocycles. The summed E-state index contributed by atoms with van der Waals surface area (Å²) in [5, 5.41) is 2.65. The summed E-state index contributed by atoms with van der Waals surface area (Å²) in [6.07, 6.45) is 0. The Morgan fingerprint density at radius 2 is 1.44 bits per heavy atom. The van der Waals surface area contributed by atoms with Crippen LogP contribution in [0.4, 0.5) is 0 Å². The molecule has 2 unspecified atom stereocenters. The SMILES string of the molecule is C=CS(=O)CS(=O)C=C. The van der Waals surface area contributed by atoms with Crippen LogP contribution in [0.15, 0.2) is 24.0 Å². The highest BCUT2D eigenvalue weighted by molar-refractivity contribution is 8.04.